The molecule has 6 atom stereocenters. The lowest BCUT2D eigenvalue weighted by Crippen LogP contribution is -2.51. The predicted octanol–water partition coefficient (Wildman–Crippen LogP) is 6.15. The van der Waals surface area contributed by atoms with Crippen molar-refractivity contribution < 1.29 is 14.3 Å². The third kappa shape index (κ3) is 3.09. The zero-order valence-electron chi connectivity index (χ0n) is 20.3. The zero-order chi connectivity index (χ0) is 23.0. The van der Waals surface area contributed by atoms with Gasteiger partial charge in [0.15, 0.2) is 0 Å². The summed E-state index contributed by atoms with van der Waals surface area (Å²) in [7, 11) is 1.73. The molecular formula is C29H35NO3. The number of methoxy groups -OCH3 is 1. The quantitative estimate of drug-likeness (QED) is 0.411. The van der Waals surface area contributed by atoms with E-state index in [4.69, 9.17) is 14.5 Å². The molecular weight excluding hydrogens is 410 g/mol. The van der Waals surface area contributed by atoms with Gasteiger partial charge < -0.3 is 9.47 Å². The van der Waals surface area contributed by atoms with E-state index in [0.717, 1.165) is 49.3 Å². The maximum Gasteiger partial charge on any atom is 0.302 e. The summed E-state index contributed by atoms with van der Waals surface area (Å²) in [6, 6.07) is 8.63. The molecule has 2 fully saturated rings. The second kappa shape index (κ2) is 7.32. The highest BCUT2D eigenvalue weighted by Gasteiger charge is 2.58. The van der Waals surface area contributed by atoms with E-state index in [1.165, 1.54) is 36.4 Å². The minimum Gasteiger partial charge on any atom is -0.497 e. The normalized spacial score (nSPS) is 36.8. The van der Waals surface area contributed by atoms with Gasteiger partial charge in [0.2, 0.25) is 0 Å². The highest BCUT2D eigenvalue weighted by Crippen LogP contribution is 2.64. The van der Waals surface area contributed by atoms with Crippen molar-refractivity contribution in [1.29, 1.82) is 0 Å². The molecule has 0 bridgehead atoms. The number of ether oxygens (including phenoxy) is 2. The Labute approximate surface area is 196 Å². The van der Waals surface area contributed by atoms with Gasteiger partial charge in [-0.2, -0.15) is 0 Å². The minimum absolute atomic E-state index is 0.0663. The van der Waals surface area contributed by atoms with Gasteiger partial charge in [0.05, 0.1) is 18.3 Å². The number of hydrogen-bond acceptors (Lipinski definition) is 4. The van der Waals surface area contributed by atoms with E-state index in [1.807, 2.05) is 6.07 Å². The van der Waals surface area contributed by atoms with E-state index >= 15 is 0 Å². The van der Waals surface area contributed by atoms with Crippen molar-refractivity contribution in [3.63, 3.8) is 0 Å². The van der Waals surface area contributed by atoms with Crippen molar-refractivity contribution in [3.05, 3.63) is 47.2 Å². The van der Waals surface area contributed by atoms with Crippen LogP contribution in [-0.4, -0.2) is 24.2 Å². The van der Waals surface area contributed by atoms with Crippen LogP contribution in [0.1, 0.15) is 70.6 Å². The van der Waals surface area contributed by atoms with Gasteiger partial charge in [0, 0.05) is 24.1 Å². The summed E-state index contributed by atoms with van der Waals surface area (Å²) in [4.78, 5) is 16.8. The molecule has 2 saturated carbocycles. The maximum absolute atomic E-state index is 11.5. The number of hydrogen-bond donors (Lipinski definition) is 0. The smallest absolute Gasteiger partial charge is 0.302 e. The minimum atomic E-state index is -0.146. The van der Waals surface area contributed by atoms with E-state index in [1.54, 1.807) is 12.7 Å². The first-order valence-corrected chi connectivity index (χ1v) is 12.7. The summed E-state index contributed by atoms with van der Waals surface area (Å²) in [6.45, 7) is 6.52. The second-order valence-electron chi connectivity index (χ2n) is 11.4. The summed E-state index contributed by atoms with van der Waals surface area (Å²) < 4.78 is 11.1. The van der Waals surface area contributed by atoms with Crippen molar-refractivity contribution >= 4 is 16.9 Å². The van der Waals surface area contributed by atoms with Crippen molar-refractivity contribution in [2.75, 3.05) is 7.11 Å². The third-order valence-corrected chi connectivity index (χ3v) is 9.86. The molecule has 4 aliphatic rings. The number of carbonyl (C=O) groups excluding carboxylic acids is 1. The molecule has 4 unspecified atom stereocenters. The Morgan fingerprint density at radius 3 is 2.67 bits per heavy atom. The summed E-state index contributed by atoms with van der Waals surface area (Å²) in [6.07, 6.45) is 10.4. The summed E-state index contributed by atoms with van der Waals surface area (Å²) in [5.41, 5.74) is 5.85. The Balaban J connectivity index is 1.33. The lowest BCUT2D eigenvalue weighted by molar-refractivity contribution is -0.148. The molecule has 1 aromatic heterocycles. The topological polar surface area (TPSA) is 48.4 Å². The van der Waals surface area contributed by atoms with Crippen LogP contribution in [0.25, 0.3) is 10.9 Å². The Hall–Kier alpha value is -2.36. The van der Waals surface area contributed by atoms with E-state index in [-0.39, 0.29) is 22.9 Å². The van der Waals surface area contributed by atoms with Crippen LogP contribution in [0.4, 0.5) is 0 Å². The molecule has 174 valence electrons. The van der Waals surface area contributed by atoms with E-state index in [0.29, 0.717) is 11.8 Å². The van der Waals surface area contributed by atoms with Crippen LogP contribution in [0.5, 0.6) is 5.75 Å². The van der Waals surface area contributed by atoms with Gasteiger partial charge in [-0.1, -0.05) is 25.5 Å². The average molecular weight is 446 g/mol. The summed E-state index contributed by atoms with van der Waals surface area (Å²) >= 11 is 0. The fourth-order valence-electron chi connectivity index (χ4n) is 8.17. The van der Waals surface area contributed by atoms with Crippen LogP contribution in [0.2, 0.25) is 0 Å². The lowest BCUT2D eigenvalue weighted by Gasteiger charge is -2.57. The first-order valence-electron chi connectivity index (χ1n) is 12.7. The van der Waals surface area contributed by atoms with Crippen molar-refractivity contribution in [2.24, 2.45) is 23.2 Å². The van der Waals surface area contributed by atoms with Gasteiger partial charge in [-0.05, 0) is 91.5 Å². The molecule has 0 amide bonds. The number of esters is 1. The fourth-order valence-corrected chi connectivity index (χ4v) is 8.17. The maximum atomic E-state index is 11.5. The monoisotopic (exact) mass is 445 g/mol. The SMILES string of the molecule is COc1ccc2nc3c(cc2c1)CC1C2CC=C4CC(OC(C)=O)CC[C@]4(C)C2CC[C@]31C. The average Bonchev–Trinajstić information content (AvgIpc) is 3.08. The Kier molecular flexibility index (Phi) is 4.70. The van der Waals surface area contributed by atoms with Crippen LogP contribution in [-0.2, 0) is 21.4 Å². The van der Waals surface area contributed by atoms with Crippen molar-refractivity contribution in [1.82, 2.24) is 4.98 Å². The number of rotatable bonds is 2. The number of benzene rings is 1. The first kappa shape index (κ1) is 21.2. The second-order valence-corrected chi connectivity index (χ2v) is 11.4. The fraction of sp³-hybridized carbons (Fsp3) is 0.586. The molecule has 33 heavy (non-hydrogen) atoms. The molecule has 0 N–H and O–H groups in total. The Morgan fingerprint density at radius 1 is 1.06 bits per heavy atom. The highest BCUT2D eigenvalue weighted by atomic mass is 16.5. The summed E-state index contributed by atoms with van der Waals surface area (Å²) in [5, 5.41) is 1.19. The number of fused-ring (bicyclic) bond motifs is 8. The molecule has 1 heterocycles. The van der Waals surface area contributed by atoms with Crippen LogP contribution in [0.15, 0.2) is 35.9 Å². The number of carbonyl (C=O) groups is 1. The van der Waals surface area contributed by atoms with Gasteiger partial charge in [-0.25, -0.2) is 0 Å². The standard InChI is InChI=1S/C29H35NO3/c1-17(31)33-22-9-11-28(2)20(16-22)5-7-23-24(28)10-12-29(3)25(23)15-19-13-18-14-21(32-4)6-8-26(18)30-27(19)29/h5-6,8,13-14,22-25H,7,9-12,15-16H2,1-4H3/t22?,23?,24?,25?,28-,29-/m0/s1. The molecule has 0 aliphatic heterocycles. The lowest BCUT2D eigenvalue weighted by atomic mass is 9.48. The first-order chi connectivity index (χ1) is 15.8. The molecule has 4 heteroatoms. The molecule has 1 aromatic carbocycles. The van der Waals surface area contributed by atoms with Gasteiger partial charge in [0.1, 0.15) is 11.9 Å². The summed E-state index contributed by atoms with van der Waals surface area (Å²) in [5.74, 6) is 2.83. The molecule has 4 nitrogen and oxygen atoms in total. The van der Waals surface area contributed by atoms with Crippen LogP contribution < -0.4 is 4.74 Å². The van der Waals surface area contributed by atoms with Gasteiger partial charge in [-0.15, -0.1) is 0 Å². The predicted molar refractivity (Wildman–Crippen MR) is 129 cm³/mol. The van der Waals surface area contributed by atoms with Crippen LogP contribution in [0.3, 0.4) is 0 Å². The van der Waals surface area contributed by atoms with E-state index < -0.39 is 0 Å². The number of aromatic nitrogens is 1. The number of allylic oxidation sites excluding steroid dienone is 1. The van der Waals surface area contributed by atoms with E-state index in [2.05, 4.69) is 38.1 Å². The van der Waals surface area contributed by atoms with Crippen LogP contribution in [0, 0.1) is 23.2 Å². The van der Waals surface area contributed by atoms with Crippen molar-refractivity contribution in [2.45, 2.75) is 77.2 Å². The number of nitrogens with zero attached hydrogens (tertiary/aromatic N) is 1. The largest absolute Gasteiger partial charge is 0.497 e. The van der Waals surface area contributed by atoms with Crippen molar-refractivity contribution in [3.8, 4) is 5.75 Å². The Morgan fingerprint density at radius 2 is 1.88 bits per heavy atom. The van der Waals surface area contributed by atoms with Gasteiger partial charge in [-0.3, -0.25) is 9.78 Å². The molecule has 0 spiro atoms. The van der Waals surface area contributed by atoms with E-state index in [9.17, 15) is 4.79 Å². The zero-order valence-corrected chi connectivity index (χ0v) is 20.3. The van der Waals surface area contributed by atoms with Gasteiger partial charge >= 0.3 is 5.97 Å². The van der Waals surface area contributed by atoms with Gasteiger partial charge in [0.25, 0.3) is 0 Å². The highest BCUT2D eigenvalue weighted by molar-refractivity contribution is 5.81. The molecule has 6 rings (SSSR count). The molecule has 2 aromatic rings. The molecule has 0 saturated heterocycles. The van der Waals surface area contributed by atoms with Crippen LogP contribution >= 0.6 is 0 Å². The third-order valence-electron chi connectivity index (χ3n) is 9.86. The molecule has 4 aliphatic carbocycles. The Bertz CT molecular complexity index is 1170. The number of pyridine rings is 1. The molecule has 0 radical (unpaired) electrons.